The maximum absolute atomic E-state index is 5.45. The molecular formula is C21H28N4O2. The van der Waals surface area contributed by atoms with Gasteiger partial charge in [-0.3, -0.25) is 4.90 Å². The zero-order valence-electron chi connectivity index (χ0n) is 16.3. The lowest BCUT2D eigenvalue weighted by atomic mass is 9.88. The van der Waals surface area contributed by atoms with Crippen molar-refractivity contribution in [3.8, 4) is 11.8 Å². The summed E-state index contributed by atoms with van der Waals surface area (Å²) < 4.78 is 10.7. The lowest BCUT2D eigenvalue weighted by Gasteiger charge is -2.29. The molecule has 0 spiro atoms. The maximum Gasteiger partial charge on any atom is 0.220 e. The average Bonchev–Trinajstić information content (AvgIpc) is 2.74. The van der Waals surface area contributed by atoms with Crippen LogP contribution in [0.4, 0.5) is 0 Å². The van der Waals surface area contributed by atoms with E-state index >= 15 is 0 Å². The molecule has 0 aromatic carbocycles. The van der Waals surface area contributed by atoms with Crippen molar-refractivity contribution in [1.29, 1.82) is 0 Å². The minimum Gasteiger partial charge on any atom is -0.481 e. The van der Waals surface area contributed by atoms with Crippen LogP contribution in [0.25, 0.3) is 0 Å². The van der Waals surface area contributed by atoms with Crippen molar-refractivity contribution >= 4 is 0 Å². The topological polar surface area (TPSA) is 60.4 Å². The van der Waals surface area contributed by atoms with E-state index in [4.69, 9.17) is 19.4 Å². The van der Waals surface area contributed by atoms with Gasteiger partial charge in [0.2, 0.25) is 11.8 Å². The average molecular weight is 368 g/mol. The van der Waals surface area contributed by atoms with Crippen LogP contribution in [0.3, 0.4) is 0 Å². The predicted octanol–water partition coefficient (Wildman–Crippen LogP) is 3.49. The van der Waals surface area contributed by atoms with Gasteiger partial charge in [-0.15, -0.1) is 0 Å². The van der Waals surface area contributed by atoms with E-state index in [1.54, 1.807) is 14.2 Å². The Morgan fingerprint density at radius 1 is 1.07 bits per heavy atom. The van der Waals surface area contributed by atoms with Crippen LogP contribution in [0.15, 0.2) is 18.3 Å². The molecule has 0 saturated heterocycles. The molecule has 2 aliphatic rings. The molecule has 1 saturated carbocycles. The van der Waals surface area contributed by atoms with Gasteiger partial charge in [0.1, 0.15) is 5.82 Å². The third-order valence-electron chi connectivity index (χ3n) is 5.72. The lowest BCUT2D eigenvalue weighted by molar-refractivity contribution is 0.235. The monoisotopic (exact) mass is 368 g/mol. The molecule has 0 bridgehead atoms. The molecular weight excluding hydrogens is 340 g/mol. The number of rotatable bonds is 5. The van der Waals surface area contributed by atoms with Crippen LogP contribution in [-0.4, -0.2) is 40.6 Å². The first kappa shape index (κ1) is 18.2. The van der Waals surface area contributed by atoms with Crippen LogP contribution < -0.4 is 9.47 Å². The summed E-state index contributed by atoms with van der Waals surface area (Å²) in [5.74, 6) is 2.81. The van der Waals surface area contributed by atoms with Gasteiger partial charge < -0.3 is 9.47 Å². The smallest absolute Gasteiger partial charge is 0.220 e. The van der Waals surface area contributed by atoms with Gasteiger partial charge in [-0.05, 0) is 30.9 Å². The Morgan fingerprint density at radius 3 is 2.70 bits per heavy atom. The third kappa shape index (κ3) is 4.05. The van der Waals surface area contributed by atoms with Crippen molar-refractivity contribution in [1.82, 2.24) is 19.9 Å². The summed E-state index contributed by atoms with van der Waals surface area (Å²) in [4.78, 5) is 16.5. The Morgan fingerprint density at radius 2 is 1.93 bits per heavy atom. The molecule has 6 nitrogen and oxygen atoms in total. The standard InChI is InChI=1S/C21H28N4O2/c1-26-19-9-8-17(21(24-19)27-2)13-25-11-10-16-12-22-20(23-18(16)14-25)15-6-4-3-5-7-15/h8-9,12,15H,3-7,10-11,13-14H2,1-2H3. The molecule has 2 aromatic heterocycles. The highest BCUT2D eigenvalue weighted by atomic mass is 16.5. The number of pyridine rings is 1. The van der Waals surface area contributed by atoms with Gasteiger partial charge in [-0.25, -0.2) is 9.97 Å². The van der Waals surface area contributed by atoms with Crippen LogP contribution >= 0.6 is 0 Å². The fraction of sp³-hybridized carbons (Fsp3) is 0.571. The Labute approximate surface area is 161 Å². The zero-order chi connectivity index (χ0) is 18.6. The van der Waals surface area contributed by atoms with Crippen LogP contribution in [0, 0.1) is 0 Å². The first-order valence-electron chi connectivity index (χ1n) is 9.91. The van der Waals surface area contributed by atoms with E-state index in [2.05, 4.69) is 16.1 Å². The molecule has 6 heteroatoms. The number of ether oxygens (including phenoxy) is 2. The molecule has 4 rings (SSSR count). The SMILES string of the molecule is COc1ccc(CN2CCc3cnc(C4CCCCC4)nc3C2)c(OC)n1. The van der Waals surface area contributed by atoms with Crippen LogP contribution in [0.2, 0.25) is 0 Å². The maximum atomic E-state index is 5.45. The van der Waals surface area contributed by atoms with E-state index < -0.39 is 0 Å². The normalized spacial score (nSPS) is 18.1. The quantitative estimate of drug-likeness (QED) is 0.805. The Bertz CT molecular complexity index is 790. The highest BCUT2D eigenvalue weighted by molar-refractivity contribution is 5.31. The van der Waals surface area contributed by atoms with Gasteiger partial charge in [-0.1, -0.05) is 19.3 Å². The van der Waals surface area contributed by atoms with E-state index in [0.29, 0.717) is 17.7 Å². The number of hydrogen-bond acceptors (Lipinski definition) is 6. The lowest BCUT2D eigenvalue weighted by Crippen LogP contribution is -2.31. The van der Waals surface area contributed by atoms with E-state index in [-0.39, 0.29) is 0 Å². The van der Waals surface area contributed by atoms with Crippen LogP contribution in [0.1, 0.15) is 60.7 Å². The second kappa shape index (κ2) is 8.21. The van der Waals surface area contributed by atoms with Gasteiger partial charge in [-0.2, -0.15) is 4.98 Å². The third-order valence-corrected chi connectivity index (χ3v) is 5.72. The zero-order valence-corrected chi connectivity index (χ0v) is 16.3. The molecule has 2 aromatic rings. The fourth-order valence-electron chi connectivity index (χ4n) is 4.17. The predicted molar refractivity (Wildman–Crippen MR) is 103 cm³/mol. The summed E-state index contributed by atoms with van der Waals surface area (Å²) in [7, 11) is 3.27. The molecule has 1 fully saturated rings. The number of fused-ring (bicyclic) bond motifs is 1. The molecule has 0 radical (unpaired) electrons. The van der Waals surface area contributed by atoms with Gasteiger partial charge in [0.25, 0.3) is 0 Å². The number of aromatic nitrogens is 3. The van der Waals surface area contributed by atoms with Crippen molar-refractivity contribution in [3.63, 3.8) is 0 Å². The molecule has 1 aliphatic carbocycles. The second-order valence-corrected chi connectivity index (χ2v) is 7.52. The molecule has 0 amide bonds. The molecule has 27 heavy (non-hydrogen) atoms. The van der Waals surface area contributed by atoms with E-state index in [0.717, 1.165) is 37.4 Å². The number of methoxy groups -OCH3 is 2. The first-order chi connectivity index (χ1) is 13.3. The molecule has 0 atom stereocenters. The van der Waals surface area contributed by atoms with E-state index in [9.17, 15) is 0 Å². The largest absolute Gasteiger partial charge is 0.481 e. The summed E-state index contributed by atoms with van der Waals surface area (Å²) in [5.41, 5.74) is 3.56. The highest BCUT2D eigenvalue weighted by Crippen LogP contribution is 2.31. The number of nitrogens with zero attached hydrogens (tertiary/aromatic N) is 4. The summed E-state index contributed by atoms with van der Waals surface area (Å²) in [6.45, 7) is 2.64. The van der Waals surface area contributed by atoms with Gasteiger partial charge >= 0.3 is 0 Å². The van der Waals surface area contributed by atoms with E-state index in [1.807, 2.05) is 12.1 Å². The summed E-state index contributed by atoms with van der Waals surface area (Å²) >= 11 is 0. The Kier molecular flexibility index (Phi) is 5.53. The van der Waals surface area contributed by atoms with Crippen molar-refractivity contribution < 1.29 is 9.47 Å². The summed E-state index contributed by atoms with van der Waals surface area (Å²) in [6.07, 6.45) is 9.50. The molecule has 3 heterocycles. The van der Waals surface area contributed by atoms with Crippen molar-refractivity contribution in [3.05, 3.63) is 41.0 Å². The highest BCUT2D eigenvalue weighted by Gasteiger charge is 2.23. The van der Waals surface area contributed by atoms with Gasteiger partial charge in [0, 0.05) is 43.4 Å². The Balaban J connectivity index is 1.49. The van der Waals surface area contributed by atoms with Crippen molar-refractivity contribution in [2.75, 3.05) is 20.8 Å². The molecule has 144 valence electrons. The van der Waals surface area contributed by atoms with Gasteiger partial charge in [0.05, 0.1) is 19.9 Å². The molecule has 0 N–H and O–H groups in total. The number of hydrogen-bond donors (Lipinski definition) is 0. The Hall–Kier alpha value is -2.21. The van der Waals surface area contributed by atoms with Gasteiger partial charge in [0.15, 0.2) is 0 Å². The van der Waals surface area contributed by atoms with E-state index in [1.165, 1.54) is 43.4 Å². The van der Waals surface area contributed by atoms with Crippen molar-refractivity contribution in [2.24, 2.45) is 0 Å². The van der Waals surface area contributed by atoms with Crippen molar-refractivity contribution in [2.45, 2.75) is 57.5 Å². The fourth-order valence-corrected chi connectivity index (χ4v) is 4.17. The minimum atomic E-state index is 0.547. The molecule has 1 aliphatic heterocycles. The summed E-state index contributed by atoms with van der Waals surface area (Å²) in [6, 6.07) is 3.92. The second-order valence-electron chi connectivity index (χ2n) is 7.52. The minimum absolute atomic E-state index is 0.547. The van der Waals surface area contributed by atoms with Crippen LogP contribution in [-0.2, 0) is 19.5 Å². The van der Waals surface area contributed by atoms with Crippen LogP contribution in [0.5, 0.6) is 11.8 Å². The first-order valence-corrected chi connectivity index (χ1v) is 9.91. The molecule has 0 unspecified atom stereocenters. The summed E-state index contributed by atoms with van der Waals surface area (Å²) in [5, 5.41) is 0.